The highest BCUT2D eigenvalue weighted by atomic mass is 32.2. The molecule has 0 aliphatic heterocycles. The van der Waals surface area contributed by atoms with E-state index in [2.05, 4.69) is 5.32 Å². The first kappa shape index (κ1) is 15.3. The molecule has 4 heteroatoms. The Kier molecular flexibility index (Phi) is 5.58. The van der Waals surface area contributed by atoms with Crippen molar-refractivity contribution in [1.82, 2.24) is 5.32 Å². The summed E-state index contributed by atoms with van der Waals surface area (Å²) < 4.78 is 0. The van der Waals surface area contributed by atoms with Crippen LogP contribution >= 0.6 is 11.8 Å². The van der Waals surface area contributed by atoms with Crippen molar-refractivity contribution in [3.05, 3.63) is 71.8 Å². The number of rotatable bonds is 5. The zero-order valence-corrected chi connectivity index (χ0v) is 12.6. The molecule has 0 radical (unpaired) electrons. The van der Waals surface area contributed by atoms with Gasteiger partial charge in [-0.15, -0.1) is 0 Å². The van der Waals surface area contributed by atoms with Gasteiger partial charge in [0.25, 0.3) is 0 Å². The topological polar surface area (TPSA) is 46.2 Å². The zero-order valence-electron chi connectivity index (χ0n) is 11.8. The molecule has 3 nitrogen and oxygen atoms in total. The highest BCUT2D eigenvalue weighted by Crippen LogP contribution is 2.14. The number of hydrogen-bond donors (Lipinski definition) is 1. The molecule has 0 fully saturated rings. The minimum Gasteiger partial charge on any atom is -0.349 e. The molecule has 0 spiro atoms. The second-order valence-electron chi connectivity index (χ2n) is 4.64. The molecule has 0 aliphatic rings. The quantitative estimate of drug-likeness (QED) is 0.920. The smallest absolute Gasteiger partial charge is 0.230 e. The van der Waals surface area contributed by atoms with E-state index in [-0.39, 0.29) is 22.8 Å². The van der Waals surface area contributed by atoms with E-state index in [0.29, 0.717) is 5.56 Å². The van der Waals surface area contributed by atoms with E-state index in [1.54, 1.807) is 12.1 Å². The molecule has 0 aromatic heterocycles. The Hall–Kier alpha value is -2.07. The summed E-state index contributed by atoms with van der Waals surface area (Å²) in [5, 5.41) is 2.81. The van der Waals surface area contributed by atoms with E-state index in [1.807, 2.05) is 55.5 Å². The predicted octanol–water partition coefficient (Wildman–Crippen LogP) is 3.44. The molecule has 1 atom stereocenters. The number of benzene rings is 2. The maximum absolute atomic E-state index is 11.9. The number of carbonyl (C=O) groups excluding carboxylic acids is 2. The van der Waals surface area contributed by atoms with Crippen LogP contribution in [0.5, 0.6) is 0 Å². The van der Waals surface area contributed by atoms with Crippen LogP contribution in [0.3, 0.4) is 0 Å². The lowest BCUT2D eigenvalue weighted by Gasteiger charge is -2.13. The summed E-state index contributed by atoms with van der Waals surface area (Å²) in [5.74, 6) is -0.00844. The Labute approximate surface area is 128 Å². The lowest BCUT2D eigenvalue weighted by atomic mass is 10.1. The van der Waals surface area contributed by atoms with Gasteiger partial charge in [-0.3, -0.25) is 9.59 Å². The lowest BCUT2D eigenvalue weighted by Crippen LogP contribution is -2.28. The van der Waals surface area contributed by atoms with Gasteiger partial charge >= 0.3 is 0 Å². The predicted molar refractivity (Wildman–Crippen MR) is 86.2 cm³/mol. The number of thioether (sulfide) groups is 1. The van der Waals surface area contributed by atoms with Crippen LogP contribution < -0.4 is 5.32 Å². The van der Waals surface area contributed by atoms with Gasteiger partial charge in [0.05, 0.1) is 11.8 Å². The van der Waals surface area contributed by atoms with Gasteiger partial charge in [-0.2, -0.15) is 0 Å². The summed E-state index contributed by atoms with van der Waals surface area (Å²) in [6.45, 7) is 1.93. The summed E-state index contributed by atoms with van der Waals surface area (Å²) in [4.78, 5) is 23.8. The summed E-state index contributed by atoms with van der Waals surface area (Å²) in [5.41, 5.74) is 1.66. The molecule has 1 amide bonds. The second-order valence-corrected chi connectivity index (χ2v) is 5.59. The third-order valence-electron chi connectivity index (χ3n) is 3.02. The fourth-order valence-electron chi connectivity index (χ4n) is 1.90. The SMILES string of the molecule is C[C@H](NC(=O)CSC(=O)c1ccccc1)c1ccccc1. The van der Waals surface area contributed by atoms with E-state index in [4.69, 9.17) is 0 Å². The Bertz CT molecular complexity index is 599. The van der Waals surface area contributed by atoms with Crippen molar-refractivity contribution in [2.75, 3.05) is 5.75 Å². The maximum Gasteiger partial charge on any atom is 0.230 e. The Morgan fingerprint density at radius 3 is 2.19 bits per heavy atom. The van der Waals surface area contributed by atoms with Crippen LogP contribution in [0.2, 0.25) is 0 Å². The van der Waals surface area contributed by atoms with Crippen LogP contribution in [0.25, 0.3) is 0 Å². The molecule has 1 N–H and O–H groups in total. The van der Waals surface area contributed by atoms with Gasteiger partial charge in [0.2, 0.25) is 11.0 Å². The molecule has 0 unspecified atom stereocenters. The molecule has 0 aliphatic carbocycles. The number of nitrogens with one attached hydrogen (secondary N) is 1. The molecule has 2 rings (SSSR count). The number of carbonyl (C=O) groups is 2. The summed E-state index contributed by atoms with van der Waals surface area (Å²) in [6, 6.07) is 18.7. The zero-order chi connectivity index (χ0) is 15.1. The standard InChI is InChI=1S/C17H17NO2S/c1-13(14-8-4-2-5-9-14)18-16(19)12-21-17(20)15-10-6-3-7-11-15/h2-11,13H,12H2,1H3,(H,18,19)/t13-/m0/s1. The largest absolute Gasteiger partial charge is 0.349 e. The van der Waals surface area contributed by atoms with Gasteiger partial charge in [0, 0.05) is 5.56 Å². The van der Waals surface area contributed by atoms with Crippen LogP contribution in [0.4, 0.5) is 0 Å². The van der Waals surface area contributed by atoms with Crippen molar-refractivity contribution in [2.24, 2.45) is 0 Å². The minimum absolute atomic E-state index is 0.0638. The number of amides is 1. The monoisotopic (exact) mass is 299 g/mol. The third kappa shape index (κ3) is 4.76. The Morgan fingerprint density at radius 1 is 1.00 bits per heavy atom. The highest BCUT2D eigenvalue weighted by molar-refractivity contribution is 8.14. The van der Waals surface area contributed by atoms with Crippen molar-refractivity contribution < 1.29 is 9.59 Å². The molecular weight excluding hydrogens is 282 g/mol. The van der Waals surface area contributed by atoms with Crippen LogP contribution in [-0.4, -0.2) is 16.8 Å². The Morgan fingerprint density at radius 2 is 1.57 bits per heavy atom. The third-order valence-corrected chi connectivity index (χ3v) is 3.93. The van der Waals surface area contributed by atoms with E-state index >= 15 is 0 Å². The van der Waals surface area contributed by atoms with Crippen LogP contribution in [0.1, 0.15) is 28.9 Å². The average molecular weight is 299 g/mol. The summed E-state index contributed by atoms with van der Waals surface area (Å²) in [6.07, 6.45) is 0. The minimum atomic E-state index is -0.138. The first-order chi connectivity index (χ1) is 10.2. The first-order valence-corrected chi connectivity index (χ1v) is 7.72. The molecule has 0 bridgehead atoms. The molecular formula is C17H17NO2S. The highest BCUT2D eigenvalue weighted by Gasteiger charge is 2.12. The van der Waals surface area contributed by atoms with Gasteiger partial charge in [-0.25, -0.2) is 0 Å². The Balaban J connectivity index is 1.81. The van der Waals surface area contributed by atoms with Crippen molar-refractivity contribution in [3.8, 4) is 0 Å². The van der Waals surface area contributed by atoms with Gasteiger partial charge < -0.3 is 5.32 Å². The maximum atomic E-state index is 11.9. The molecule has 108 valence electrons. The van der Waals surface area contributed by atoms with E-state index in [0.717, 1.165) is 17.3 Å². The van der Waals surface area contributed by atoms with E-state index in [9.17, 15) is 9.59 Å². The van der Waals surface area contributed by atoms with Gasteiger partial charge in [-0.1, -0.05) is 72.4 Å². The normalized spacial score (nSPS) is 11.7. The molecule has 0 saturated heterocycles. The van der Waals surface area contributed by atoms with E-state index in [1.165, 1.54) is 0 Å². The van der Waals surface area contributed by atoms with Crippen molar-refractivity contribution in [1.29, 1.82) is 0 Å². The van der Waals surface area contributed by atoms with Crippen molar-refractivity contribution in [3.63, 3.8) is 0 Å². The van der Waals surface area contributed by atoms with Crippen LogP contribution in [-0.2, 0) is 4.79 Å². The molecule has 21 heavy (non-hydrogen) atoms. The fraction of sp³-hybridized carbons (Fsp3) is 0.176. The van der Waals surface area contributed by atoms with Crippen molar-refractivity contribution in [2.45, 2.75) is 13.0 Å². The molecule has 2 aromatic rings. The van der Waals surface area contributed by atoms with Crippen LogP contribution in [0, 0.1) is 0 Å². The molecule has 2 aromatic carbocycles. The summed E-state index contributed by atoms with van der Waals surface area (Å²) >= 11 is 1.02. The molecule has 0 saturated carbocycles. The van der Waals surface area contributed by atoms with Gasteiger partial charge in [0.15, 0.2) is 0 Å². The lowest BCUT2D eigenvalue weighted by molar-refractivity contribution is -0.119. The first-order valence-electron chi connectivity index (χ1n) is 6.73. The van der Waals surface area contributed by atoms with E-state index < -0.39 is 0 Å². The summed E-state index contributed by atoms with van der Waals surface area (Å²) in [7, 11) is 0. The number of hydrogen-bond acceptors (Lipinski definition) is 3. The van der Waals surface area contributed by atoms with Gasteiger partial charge in [0.1, 0.15) is 0 Å². The molecule has 0 heterocycles. The van der Waals surface area contributed by atoms with Gasteiger partial charge in [-0.05, 0) is 12.5 Å². The van der Waals surface area contributed by atoms with Crippen LogP contribution in [0.15, 0.2) is 60.7 Å². The van der Waals surface area contributed by atoms with Crippen molar-refractivity contribution >= 4 is 22.8 Å². The average Bonchev–Trinajstić information content (AvgIpc) is 2.54. The second kappa shape index (κ2) is 7.64. The fourth-order valence-corrected chi connectivity index (χ4v) is 2.55.